The summed E-state index contributed by atoms with van der Waals surface area (Å²) >= 11 is 12.3. The summed E-state index contributed by atoms with van der Waals surface area (Å²) in [6, 6.07) is 10.2. The molecule has 2 aromatic rings. The number of carbonyl (C=O) groups is 1. The van der Waals surface area contributed by atoms with Crippen LogP contribution in [0.4, 0.5) is 5.69 Å². The molecule has 0 unspecified atom stereocenters. The van der Waals surface area contributed by atoms with Crippen LogP contribution in [0.3, 0.4) is 0 Å². The van der Waals surface area contributed by atoms with Crippen molar-refractivity contribution in [1.29, 1.82) is 0 Å². The summed E-state index contributed by atoms with van der Waals surface area (Å²) in [6.45, 7) is 2.61. The molecule has 0 atom stereocenters. The molecule has 0 radical (unpaired) electrons. The van der Waals surface area contributed by atoms with E-state index in [4.69, 9.17) is 32.7 Å². The van der Waals surface area contributed by atoms with Crippen LogP contribution in [0.5, 0.6) is 11.5 Å². The predicted octanol–water partition coefficient (Wildman–Crippen LogP) is 5.43. The van der Waals surface area contributed by atoms with Gasteiger partial charge in [-0.05, 0) is 30.7 Å². The molecule has 128 valence electrons. The van der Waals surface area contributed by atoms with Crippen LogP contribution in [0.1, 0.15) is 30.1 Å². The molecule has 0 saturated carbocycles. The van der Waals surface area contributed by atoms with Gasteiger partial charge in [-0.25, -0.2) is 0 Å². The topological polar surface area (TPSA) is 47.6 Å². The summed E-state index contributed by atoms with van der Waals surface area (Å²) < 4.78 is 11.0. The monoisotopic (exact) mass is 367 g/mol. The smallest absolute Gasteiger partial charge is 0.255 e. The summed E-state index contributed by atoms with van der Waals surface area (Å²) in [5.74, 6) is 0.535. The molecule has 1 amide bonds. The van der Waals surface area contributed by atoms with Crippen LogP contribution in [0, 0.1) is 0 Å². The molecule has 4 nitrogen and oxygen atoms in total. The summed E-state index contributed by atoms with van der Waals surface area (Å²) in [5.41, 5.74) is 0.891. The van der Waals surface area contributed by atoms with Crippen molar-refractivity contribution in [2.24, 2.45) is 0 Å². The van der Waals surface area contributed by atoms with E-state index in [9.17, 15) is 4.79 Å². The quantitative estimate of drug-likeness (QED) is 0.663. The Hall–Kier alpha value is -1.91. The number of halogens is 2. The van der Waals surface area contributed by atoms with Gasteiger partial charge in [0.25, 0.3) is 5.91 Å². The third kappa shape index (κ3) is 4.56. The second-order valence-electron chi connectivity index (χ2n) is 5.13. The number of hydrogen-bond acceptors (Lipinski definition) is 3. The second kappa shape index (κ2) is 8.81. The number of unbranched alkanes of at least 4 members (excludes halogenated alkanes) is 1. The Kier molecular flexibility index (Phi) is 6.76. The number of rotatable bonds is 7. The van der Waals surface area contributed by atoms with E-state index in [0.717, 1.165) is 12.8 Å². The molecule has 0 spiro atoms. The van der Waals surface area contributed by atoms with Gasteiger partial charge in [0.15, 0.2) is 11.5 Å². The molecule has 0 aliphatic rings. The highest BCUT2D eigenvalue weighted by Gasteiger charge is 2.16. The van der Waals surface area contributed by atoms with Crippen LogP contribution < -0.4 is 14.8 Å². The molecule has 0 aromatic heterocycles. The van der Waals surface area contributed by atoms with E-state index >= 15 is 0 Å². The molecule has 0 bridgehead atoms. The Morgan fingerprint density at radius 2 is 1.92 bits per heavy atom. The minimum absolute atomic E-state index is 0.328. The van der Waals surface area contributed by atoms with E-state index in [1.54, 1.807) is 36.4 Å². The highest BCUT2D eigenvalue weighted by molar-refractivity contribution is 6.34. The maximum absolute atomic E-state index is 12.4. The first-order valence-electron chi connectivity index (χ1n) is 7.63. The van der Waals surface area contributed by atoms with Gasteiger partial charge in [0, 0.05) is 5.56 Å². The van der Waals surface area contributed by atoms with Gasteiger partial charge >= 0.3 is 0 Å². The number of anilines is 1. The van der Waals surface area contributed by atoms with Crippen molar-refractivity contribution in [1.82, 2.24) is 0 Å². The largest absolute Gasteiger partial charge is 0.493 e. The molecule has 2 aromatic carbocycles. The van der Waals surface area contributed by atoms with Crippen LogP contribution in [0.2, 0.25) is 10.0 Å². The fourth-order valence-corrected chi connectivity index (χ4v) is 2.51. The van der Waals surface area contributed by atoms with Gasteiger partial charge in [0.05, 0.1) is 29.4 Å². The summed E-state index contributed by atoms with van der Waals surface area (Å²) in [5, 5.41) is 3.54. The normalized spacial score (nSPS) is 10.3. The van der Waals surface area contributed by atoms with Crippen LogP contribution in [0.15, 0.2) is 36.4 Å². The molecule has 2 rings (SSSR count). The number of amides is 1. The van der Waals surface area contributed by atoms with Crippen LogP contribution in [0.25, 0.3) is 0 Å². The van der Waals surface area contributed by atoms with Crippen molar-refractivity contribution in [2.45, 2.75) is 19.8 Å². The van der Waals surface area contributed by atoms with E-state index in [1.165, 1.54) is 7.11 Å². The second-order valence-corrected chi connectivity index (χ2v) is 5.94. The summed E-state index contributed by atoms with van der Waals surface area (Å²) in [7, 11) is 1.51. The minimum atomic E-state index is -0.330. The van der Waals surface area contributed by atoms with Gasteiger partial charge in [0.1, 0.15) is 0 Å². The summed E-state index contributed by atoms with van der Waals surface area (Å²) in [6.07, 6.45) is 1.92. The fourth-order valence-electron chi connectivity index (χ4n) is 2.07. The Morgan fingerprint density at radius 3 is 2.58 bits per heavy atom. The number of carbonyl (C=O) groups excluding carboxylic acids is 1. The maximum atomic E-state index is 12.4. The van der Waals surface area contributed by atoms with Gasteiger partial charge < -0.3 is 14.8 Å². The first kappa shape index (κ1) is 18.4. The minimum Gasteiger partial charge on any atom is -0.493 e. The molecule has 6 heteroatoms. The van der Waals surface area contributed by atoms with Crippen molar-refractivity contribution in [3.8, 4) is 11.5 Å². The molecular formula is C18H19Cl2NO3. The van der Waals surface area contributed by atoms with E-state index < -0.39 is 0 Å². The van der Waals surface area contributed by atoms with Gasteiger partial charge in [-0.2, -0.15) is 0 Å². The van der Waals surface area contributed by atoms with Crippen molar-refractivity contribution in [3.63, 3.8) is 0 Å². The molecule has 0 aliphatic carbocycles. The lowest BCUT2D eigenvalue weighted by Crippen LogP contribution is -2.13. The maximum Gasteiger partial charge on any atom is 0.255 e. The SMILES string of the molecule is CCCCOc1c(Cl)cc(C(=O)Nc2ccccc2Cl)cc1OC. The highest BCUT2D eigenvalue weighted by atomic mass is 35.5. The third-order valence-corrected chi connectivity index (χ3v) is 3.97. The highest BCUT2D eigenvalue weighted by Crippen LogP contribution is 2.37. The Balaban J connectivity index is 2.23. The Morgan fingerprint density at radius 1 is 1.17 bits per heavy atom. The first-order chi connectivity index (χ1) is 11.6. The lowest BCUT2D eigenvalue weighted by molar-refractivity contribution is 0.102. The molecule has 1 N–H and O–H groups in total. The standard InChI is InChI=1S/C18H19Cl2NO3/c1-3-4-9-24-17-14(20)10-12(11-16(17)23-2)18(22)21-15-8-6-5-7-13(15)19/h5-8,10-11H,3-4,9H2,1-2H3,(H,21,22). The third-order valence-electron chi connectivity index (χ3n) is 3.36. The zero-order valence-corrected chi connectivity index (χ0v) is 15.1. The number of hydrogen-bond donors (Lipinski definition) is 1. The van der Waals surface area contributed by atoms with E-state index in [-0.39, 0.29) is 5.91 Å². The first-order valence-corrected chi connectivity index (χ1v) is 8.38. The van der Waals surface area contributed by atoms with Gasteiger partial charge in [-0.15, -0.1) is 0 Å². The van der Waals surface area contributed by atoms with Crippen molar-refractivity contribution in [2.75, 3.05) is 19.0 Å². The molecule has 0 aliphatic heterocycles. The van der Waals surface area contributed by atoms with Crippen molar-refractivity contribution < 1.29 is 14.3 Å². The van der Waals surface area contributed by atoms with E-state index in [1.807, 2.05) is 0 Å². The number of para-hydroxylation sites is 1. The van der Waals surface area contributed by atoms with Crippen LogP contribution >= 0.6 is 23.2 Å². The van der Waals surface area contributed by atoms with E-state index in [0.29, 0.717) is 39.4 Å². The van der Waals surface area contributed by atoms with Crippen molar-refractivity contribution >= 4 is 34.8 Å². The number of nitrogens with one attached hydrogen (secondary N) is 1. The molecule has 0 fully saturated rings. The van der Waals surface area contributed by atoms with Crippen LogP contribution in [-0.4, -0.2) is 19.6 Å². The lowest BCUT2D eigenvalue weighted by Gasteiger charge is -2.14. The zero-order chi connectivity index (χ0) is 17.5. The average molecular weight is 368 g/mol. The number of benzene rings is 2. The average Bonchev–Trinajstić information content (AvgIpc) is 2.58. The summed E-state index contributed by atoms with van der Waals surface area (Å²) in [4.78, 5) is 12.4. The van der Waals surface area contributed by atoms with Gasteiger partial charge in [0.2, 0.25) is 0 Å². The predicted molar refractivity (Wildman–Crippen MR) is 97.8 cm³/mol. The molecule has 24 heavy (non-hydrogen) atoms. The lowest BCUT2D eigenvalue weighted by atomic mass is 10.1. The molecular weight excluding hydrogens is 349 g/mol. The van der Waals surface area contributed by atoms with Crippen molar-refractivity contribution in [3.05, 3.63) is 52.0 Å². The molecule has 0 saturated heterocycles. The molecule has 0 heterocycles. The Bertz CT molecular complexity index is 719. The van der Waals surface area contributed by atoms with Gasteiger partial charge in [-0.3, -0.25) is 4.79 Å². The zero-order valence-electron chi connectivity index (χ0n) is 13.6. The fraction of sp³-hybridized carbons (Fsp3) is 0.278. The van der Waals surface area contributed by atoms with E-state index in [2.05, 4.69) is 12.2 Å². The number of methoxy groups -OCH3 is 1. The Labute approximate surface area is 151 Å². The van der Waals surface area contributed by atoms with Crippen LogP contribution in [-0.2, 0) is 0 Å². The number of ether oxygens (including phenoxy) is 2. The van der Waals surface area contributed by atoms with Gasteiger partial charge in [-0.1, -0.05) is 48.7 Å².